The van der Waals surface area contributed by atoms with Crippen molar-refractivity contribution in [1.29, 1.82) is 0 Å². The van der Waals surface area contributed by atoms with E-state index >= 15 is 0 Å². The van der Waals surface area contributed by atoms with Crippen molar-refractivity contribution in [2.45, 2.75) is 50.7 Å². The number of ether oxygens (including phenoxy) is 1. The van der Waals surface area contributed by atoms with Crippen molar-refractivity contribution in [2.75, 3.05) is 32.5 Å². The molecule has 19 heavy (non-hydrogen) atoms. The molecule has 2 unspecified atom stereocenters. The lowest BCUT2D eigenvalue weighted by atomic mass is 10.0. The molecule has 2 aliphatic heterocycles. The highest BCUT2D eigenvalue weighted by molar-refractivity contribution is 7.89. The highest BCUT2D eigenvalue weighted by Gasteiger charge is 2.25. The lowest BCUT2D eigenvalue weighted by Gasteiger charge is -2.25. The van der Waals surface area contributed by atoms with Crippen LogP contribution in [0.1, 0.15) is 38.5 Å². The van der Waals surface area contributed by atoms with E-state index in [1.807, 2.05) is 0 Å². The van der Waals surface area contributed by atoms with Gasteiger partial charge in [-0.1, -0.05) is 6.42 Å². The van der Waals surface area contributed by atoms with Gasteiger partial charge in [0.15, 0.2) is 0 Å². The predicted molar refractivity (Wildman–Crippen MR) is 75.6 cm³/mol. The number of sulfonamides is 1. The number of rotatable bonds is 6. The summed E-state index contributed by atoms with van der Waals surface area (Å²) in [7, 11) is -1.46. The van der Waals surface area contributed by atoms with E-state index in [0.717, 1.165) is 38.8 Å². The minimum absolute atomic E-state index is 0.0904. The zero-order chi connectivity index (χ0) is 13.7. The minimum atomic E-state index is -3.13. The normalized spacial score (nSPS) is 28.9. The maximum Gasteiger partial charge on any atom is 0.213 e. The second-order valence-corrected chi connectivity index (χ2v) is 7.86. The number of nitrogens with zero attached hydrogens (tertiary/aromatic N) is 1. The molecular weight excluding hydrogens is 264 g/mol. The van der Waals surface area contributed by atoms with E-state index in [0.29, 0.717) is 12.6 Å². The maximum atomic E-state index is 12.2. The largest absolute Gasteiger partial charge is 0.377 e. The average molecular weight is 290 g/mol. The van der Waals surface area contributed by atoms with E-state index in [4.69, 9.17) is 4.74 Å². The van der Waals surface area contributed by atoms with Gasteiger partial charge in [0.25, 0.3) is 0 Å². The Morgan fingerprint density at radius 1 is 1.26 bits per heavy atom. The molecule has 0 radical (unpaired) electrons. The van der Waals surface area contributed by atoms with Gasteiger partial charge in [-0.15, -0.1) is 0 Å². The third kappa shape index (κ3) is 4.70. The van der Waals surface area contributed by atoms with Gasteiger partial charge in [-0.05, 0) is 38.6 Å². The molecule has 0 aliphatic carbocycles. The summed E-state index contributed by atoms with van der Waals surface area (Å²) in [6.07, 6.45) is 6.36. The zero-order valence-electron chi connectivity index (χ0n) is 11.8. The molecule has 0 saturated carbocycles. The molecule has 2 aliphatic rings. The lowest BCUT2D eigenvalue weighted by molar-refractivity contribution is 0.0978. The van der Waals surface area contributed by atoms with E-state index in [9.17, 15) is 8.42 Å². The quantitative estimate of drug-likeness (QED) is 0.791. The highest BCUT2D eigenvalue weighted by Crippen LogP contribution is 2.16. The molecule has 0 aromatic carbocycles. The topological polar surface area (TPSA) is 58.6 Å². The third-order valence-electron chi connectivity index (χ3n) is 4.10. The van der Waals surface area contributed by atoms with Crippen molar-refractivity contribution in [3.8, 4) is 0 Å². The van der Waals surface area contributed by atoms with Crippen LogP contribution < -0.4 is 5.32 Å². The lowest BCUT2D eigenvalue weighted by Crippen LogP contribution is -2.39. The number of likely N-dealkylation sites (N-methyl/N-ethyl adjacent to an activating group) is 1. The van der Waals surface area contributed by atoms with Crippen LogP contribution in [-0.2, 0) is 14.8 Å². The second-order valence-electron chi connectivity index (χ2n) is 5.67. The summed E-state index contributed by atoms with van der Waals surface area (Å²) in [6, 6.07) is 0.375. The molecule has 0 bridgehead atoms. The van der Waals surface area contributed by atoms with E-state index < -0.39 is 10.0 Å². The second kappa shape index (κ2) is 7.02. The summed E-state index contributed by atoms with van der Waals surface area (Å²) < 4.78 is 31.4. The standard InChI is InChI=1S/C13H26N2O3S/c1-15(11-13-6-4-9-18-13)19(16,17)10-7-12-5-2-3-8-14-12/h12-14H,2-11H2,1H3. The van der Waals surface area contributed by atoms with Crippen LogP contribution in [0.3, 0.4) is 0 Å². The van der Waals surface area contributed by atoms with E-state index in [1.54, 1.807) is 7.05 Å². The van der Waals surface area contributed by atoms with Crippen molar-refractivity contribution in [3.63, 3.8) is 0 Å². The fraction of sp³-hybridized carbons (Fsp3) is 1.00. The molecule has 6 heteroatoms. The smallest absolute Gasteiger partial charge is 0.213 e. The Morgan fingerprint density at radius 2 is 2.11 bits per heavy atom. The van der Waals surface area contributed by atoms with Crippen LogP contribution >= 0.6 is 0 Å². The van der Waals surface area contributed by atoms with E-state index in [-0.39, 0.29) is 11.9 Å². The Bertz CT molecular complexity index is 360. The van der Waals surface area contributed by atoms with Gasteiger partial charge in [0.05, 0.1) is 11.9 Å². The highest BCUT2D eigenvalue weighted by atomic mass is 32.2. The minimum Gasteiger partial charge on any atom is -0.377 e. The monoisotopic (exact) mass is 290 g/mol. The first-order valence-corrected chi connectivity index (χ1v) is 8.98. The summed E-state index contributed by atoms with van der Waals surface area (Å²) in [6.45, 7) is 2.29. The number of piperidine rings is 1. The van der Waals surface area contributed by atoms with Crippen molar-refractivity contribution in [1.82, 2.24) is 9.62 Å². The van der Waals surface area contributed by atoms with Crippen molar-refractivity contribution < 1.29 is 13.2 Å². The molecule has 0 aromatic heterocycles. The molecule has 0 amide bonds. The van der Waals surface area contributed by atoms with Crippen LogP contribution in [0.5, 0.6) is 0 Å². The molecule has 1 N–H and O–H groups in total. The molecular formula is C13H26N2O3S. The molecule has 2 atom stereocenters. The molecule has 2 heterocycles. The van der Waals surface area contributed by atoms with Crippen LogP contribution in [0.25, 0.3) is 0 Å². The Balaban J connectivity index is 1.75. The van der Waals surface area contributed by atoms with Gasteiger partial charge < -0.3 is 10.1 Å². The van der Waals surface area contributed by atoms with Crippen LogP contribution in [0.2, 0.25) is 0 Å². The molecule has 2 fully saturated rings. The molecule has 0 aromatic rings. The van der Waals surface area contributed by atoms with Gasteiger partial charge >= 0.3 is 0 Å². The summed E-state index contributed by atoms with van der Waals surface area (Å²) in [4.78, 5) is 0. The summed E-state index contributed by atoms with van der Waals surface area (Å²) in [5.41, 5.74) is 0. The zero-order valence-corrected chi connectivity index (χ0v) is 12.6. The summed E-state index contributed by atoms with van der Waals surface area (Å²) in [5, 5.41) is 3.40. The van der Waals surface area contributed by atoms with Crippen molar-refractivity contribution in [3.05, 3.63) is 0 Å². The molecule has 2 saturated heterocycles. The third-order valence-corrected chi connectivity index (χ3v) is 5.95. The molecule has 2 rings (SSSR count). The Kier molecular flexibility index (Phi) is 5.62. The number of nitrogens with one attached hydrogen (secondary N) is 1. The first-order valence-electron chi connectivity index (χ1n) is 7.37. The van der Waals surface area contributed by atoms with Crippen molar-refractivity contribution >= 4 is 10.0 Å². The van der Waals surface area contributed by atoms with Crippen LogP contribution in [-0.4, -0.2) is 57.4 Å². The SMILES string of the molecule is CN(CC1CCCO1)S(=O)(=O)CCC1CCCCN1. The van der Waals surface area contributed by atoms with Gasteiger partial charge in [-0.2, -0.15) is 0 Å². The number of hydrogen-bond donors (Lipinski definition) is 1. The van der Waals surface area contributed by atoms with E-state index in [2.05, 4.69) is 5.32 Å². The Labute approximate surface area is 116 Å². The summed E-state index contributed by atoms with van der Waals surface area (Å²) in [5.74, 6) is 0.244. The predicted octanol–water partition coefficient (Wildman–Crippen LogP) is 0.959. The van der Waals surface area contributed by atoms with Gasteiger partial charge in [0.1, 0.15) is 0 Å². The van der Waals surface area contributed by atoms with E-state index in [1.165, 1.54) is 17.1 Å². The van der Waals surface area contributed by atoms with Crippen LogP contribution in [0.15, 0.2) is 0 Å². The van der Waals surface area contributed by atoms with Gasteiger partial charge in [-0.3, -0.25) is 0 Å². The Hall–Kier alpha value is -0.170. The summed E-state index contributed by atoms with van der Waals surface area (Å²) >= 11 is 0. The number of hydrogen-bond acceptors (Lipinski definition) is 4. The van der Waals surface area contributed by atoms with Gasteiger partial charge in [-0.25, -0.2) is 12.7 Å². The van der Waals surface area contributed by atoms with Gasteiger partial charge in [0.2, 0.25) is 10.0 Å². The fourth-order valence-corrected chi connectivity index (χ4v) is 4.09. The molecule has 0 spiro atoms. The first kappa shape index (κ1) is 15.2. The van der Waals surface area contributed by atoms with Crippen LogP contribution in [0, 0.1) is 0 Å². The fourth-order valence-electron chi connectivity index (χ4n) is 2.81. The van der Waals surface area contributed by atoms with Crippen LogP contribution in [0.4, 0.5) is 0 Å². The van der Waals surface area contributed by atoms with Crippen molar-refractivity contribution in [2.24, 2.45) is 0 Å². The first-order chi connectivity index (χ1) is 9.08. The average Bonchev–Trinajstić information content (AvgIpc) is 2.90. The molecule has 5 nitrogen and oxygen atoms in total. The molecule has 112 valence electrons. The van der Waals surface area contributed by atoms with Gasteiger partial charge in [0, 0.05) is 26.2 Å². The maximum absolute atomic E-state index is 12.2. The Morgan fingerprint density at radius 3 is 2.74 bits per heavy atom.